The molecule has 1 saturated carbocycles. The van der Waals surface area contributed by atoms with Gasteiger partial charge in [-0.05, 0) is 49.1 Å². The SMILES string of the molecule is NCC(NCC1CC1)c1ccc(Cl)c2cccnc12. The summed E-state index contributed by atoms with van der Waals surface area (Å²) in [5.41, 5.74) is 8.01. The third-order valence-corrected chi connectivity index (χ3v) is 4.04. The lowest BCUT2D eigenvalue weighted by atomic mass is 10.0. The summed E-state index contributed by atoms with van der Waals surface area (Å²) >= 11 is 6.22. The zero-order chi connectivity index (χ0) is 13.2. The van der Waals surface area contributed by atoms with Gasteiger partial charge >= 0.3 is 0 Å². The van der Waals surface area contributed by atoms with Crippen LogP contribution in [0.15, 0.2) is 30.5 Å². The molecule has 3 rings (SSSR count). The van der Waals surface area contributed by atoms with Crippen molar-refractivity contribution in [2.45, 2.75) is 18.9 Å². The molecule has 0 saturated heterocycles. The summed E-state index contributed by atoms with van der Waals surface area (Å²) < 4.78 is 0. The molecule has 3 nitrogen and oxygen atoms in total. The Morgan fingerprint density at radius 1 is 1.37 bits per heavy atom. The van der Waals surface area contributed by atoms with Gasteiger partial charge in [-0.15, -0.1) is 0 Å². The highest BCUT2D eigenvalue weighted by atomic mass is 35.5. The minimum atomic E-state index is 0.148. The number of halogens is 1. The molecule has 0 aliphatic heterocycles. The van der Waals surface area contributed by atoms with Crippen LogP contribution in [0.2, 0.25) is 5.02 Å². The van der Waals surface area contributed by atoms with Crippen molar-refractivity contribution in [3.05, 3.63) is 41.0 Å². The number of aromatic nitrogens is 1. The lowest BCUT2D eigenvalue weighted by Crippen LogP contribution is -2.30. The van der Waals surface area contributed by atoms with Gasteiger partial charge in [-0.3, -0.25) is 4.98 Å². The highest BCUT2D eigenvalue weighted by Crippen LogP contribution is 2.31. The van der Waals surface area contributed by atoms with Gasteiger partial charge in [0.15, 0.2) is 0 Å². The van der Waals surface area contributed by atoms with E-state index < -0.39 is 0 Å². The van der Waals surface area contributed by atoms with Crippen LogP contribution >= 0.6 is 11.6 Å². The number of fused-ring (bicyclic) bond motifs is 1. The molecule has 0 amide bonds. The Kier molecular flexibility index (Phi) is 3.69. The van der Waals surface area contributed by atoms with Crippen LogP contribution in [0, 0.1) is 5.92 Å². The summed E-state index contributed by atoms with van der Waals surface area (Å²) in [6.45, 7) is 1.61. The molecular formula is C15H18ClN3. The van der Waals surface area contributed by atoms with Crippen molar-refractivity contribution in [1.29, 1.82) is 0 Å². The monoisotopic (exact) mass is 275 g/mol. The van der Waals surface area contributed by atoms with E-state index in [0.29, 0.717) is 6.54 Å². The normalized spacial score (nSPS) is 16.7. The fraction of sp³-hybridized carbons (Fsp3) is 0.400. The van der Waals surface area contributed by atoms with Crippen LogP contribution in [-0.2, 0) is 0 Å². The largest absolute Gasteiger partial charge is 0.329 e. The van der Waals surface area contributed by atoms with Crippen LogP contribution in [0.1, 0.15) is 24.4 Å². The molecule has 1 heterocycles. The predicted molar refractivity (Wildman–Crippen MR) is 79.3 cm³/mol. The van der Waals surface area contributed by atoms with Crippen molar-refractivity contribution >= 4 is 22.5 Å². The van der Waals surface area contributed by atoms with Crippen LogP contribution in [0.3, 0.4) is 0 Å². The number of hydrogen-bond acceptors (Lipinski definition) is 3. The number of nitrogens with one attached hydrogen (secondary N) is 1. The molecule has 2 aromatic rings. The molecule has 1 aliphatic carbocycles. The van der Waals surface area contributed by atoms with E-state index in [2.05, 4.69) is 10.3 Å². The van der Waals surface area contributed by atoms with E-state index in [0.717, 1.165) is 34.0 Å². The summed E-state index contributed by atoms with van der Waals surface area (Å²) in [5.74, 6) is 0.834. The molecule has 1 aromatic heterocycles. The molecule has 0 bridgehead atoms. The smallest absolute Gasteiger partial charge is 0.0765 e. The molecular weight excluding hydrogens is 258 g/mol. The molecule has 1 atom stereocenters. The van der Waals surface area contributed by atoms with Crippen molar-refractivity contribution in [3.63, 3.8) is 0 Å². The molecule has 1 fully saturated rings. The van der Waals surface area contributed by atoms with Crippen LogP contribution in [0.4, 0.5) is 0 Å². The number of pyridine rings is 1. The van der Waals surface area contributed by atoms with Gasteiger partial charge in [-0.2, -0.15) is 0 Å². The Morgan fingerprint density at radius 2 is 2.21 bits per heavy atom. The van der Waals surface area contributed by atoms with Crippen molar-refractivity contribution in [3.8, 4) is 0 Å². The highest BCUT2D eigenvalue weighted by Gasteiger charge is 2.23. The Labute approximate surface area is 118 Å². The minimum Gasteiger partial charge on any atom is -0.329 e. The fourth-order valence-corrected chi connectivity index (χ4v) is 2.61. The van der Waals surface area contributed by atoms with E-state index in [1.54, 1.807) is 6.20 Å². The highest BCUT2D eigenvalue weighted by molar-refractivity contribution is 6.35. The Bertz CT molecular complexity index is 581. The lowest BCUT2D eigenvalue weighted by molar-refractivity contribution is 0.524. The zero-order valence-corrected chi connectivity index (χ0v) is 11.5. The second-order valence-corrected chi connectivity index (χ2v) is 5.58. The van der Waals surface area contributed by atoms with E-state index >= 15 is 0 Å². The summed E-state index contributed by atoms with van der Waals surface area (Å²) in [4.78, 5) is 4.47. The number of rotatable bonds is 5. The number of nitrogens with zero attached hydrogens (tertiary/aromatic N) is 1. The Hall–Kier alpha value is -1.16. The topological polar surface area (TPSA) is 50.9 Å². The first kappa shape index (κ1) is 12.9. The van der Waals surface area contributed by atoms with Gasteiger partial charge in [-0.1, -0.05) is 17.7 Å². The molecule has 1 aromatic carbocycles. The van der Waals surface area contributed by atoms with E-state index in [4.69, 9.17) is 17.3 Å². The van der Waals surface area contributed by atoms with Crippen molar-refractivity contribution in [1.82, 2.24) is 10.3 Å². The summed E-state index contributed by atoms with van der Waals surface area (Å²) in [7, 11) is 0. The van der Waals surface area contributed by atoms with Crippen LogP contribution in [-0.4, -0.2) is 18.1 Å². The molecule has 0 radical (unpaired) electrons. The quantitative estimate of drug-likeness (QED) is 0.882. The predicted octanol–water partition coefficient (Wildman–Crippen LogP) is 2.89. The maximum atomic E-state index is 6.22. The van der Waals surface area contributed by atoms with E-state index in [-0.39, 0.29) is 6.04 Å². The average Bonchev–Trinajstić information content (AvgIpc) is 3.26. The summed E-state index contributed by atoms with van der Waals surface area (Å²) in [5, 5.41) is 5.29. The van der Waals surface area contributed by atoms with Crippen molar-refractivity contribution < 1.29 is 0 Å². The molecule has 1 aliphatic rings. The number of nitrogens with two attached hydrogens (primary N) is 1. The maximum absolute atomic E-state index is 6.22. The lowest BCUT2D eigenvalue weighted by Gasteiger charge is -2.19. The second kappa shape index (κ2) is 5.45. The van der Waals surface area contributed by atoms with E-state index in [1.807, 2.05) is 24.3 Å². The van der Waals surface area contributed by atoms with Crippen LogP contribution < -0.4 is 11.1 Å². The first-order valence-corrected chi connectivity index (χ1v) is 7.14. The van der Waals surface area contributed by atoms with E-state index in [9.17, 15) is 0 Å². The molecule has 1 unspecified atom stereocenters. The van der Waals surface area contributed by atoms with Gasteiger partial charge in [0.2, 0.25) is 0 Å². The minimum absolute atomic E-state index is 0.148. The summed E-state index contributed by atoms with van der Waals surface area (Å²) in [6.07, 6.45) is 4.48. The molecule has 100 valence electrons. The summed E-state index contributed by atoms with van der Waals surface area (Å²) in [6, 6.07) is 8.03. The van der Waals surface area contributed by atoms with Gasteiger partial charge in [0, 0.05) is 29.2 Å². The van der Waals surface area contributed by atoms with Gasteiger partial charge in [0.1, 0.15) is 0 Å². The average molecular weight is 276 g/mol. The first-order chi connectivity index (χ1) is 9.29. The standard InChI is InChI=1S/C15H18ClN3/c16-13-6-5-12(15-11(13)2-1-7-18-15)14(8-17)19-9-10-3-4-10/h1-2,5-7,10,14,19H,3-4,8-9,17H2. The van der Waals surface area contributed by atoms with Gasteiger partial charge in [0.25, 0.3) is 0 Å². The van der Waals surface area contributed by atoms with Crippen LogP contribution in [0.25, 0.3) is 10.9 Å². The van der Waals surface area contributed by atoms with E-state index in [1.165, 1.54) is 12.8 Å². The second-order valence-electron chi connectivity index (χ2n) is 5.18. The Morgan fingerprint density at radius 3 is 2.95 bits per heavy atom. The third kappa shape index (κ3) is 2.73. The number of benzene rings is 1. The maximum Gasteiger partial charge on any atom is 0.0765 e. The third-order valence-electron chi connectivity index (χ3n) is 3.71. The molecule has 0 spiro atoms. The number of hydrogen-bond donors (Lipinski definition) is 2. The van der Waals surface area contributed by atoms with Crippen molar-refractivity contribution in [2.24, 2.45) is 11.7 Å². The zero-order valence-electron chi connectivity index (χ0n) is 10.8. The van der Waals surface area contributed by atoms with Gasteiger partial charge < -0.3 is 11.1 Å². The van der Waals surface area contributed by atoms with Crippen LogP contribution in [0.5, 0.6) is 0 Å². The Balaban J connectivity index is 1.95. The molecule has 4 heteroatoms. The fourth-order valence-electron chi connectivity index (χ4n) is 2.39. The first-order valence-electron chi connectivity index (χ1n) is 6.76. The van der Waals surface area contributed by atoms with Gasteiger partial charge in [0.05, 0.1) is 5.52 Å². The van der Waals surface area contributed by atoms with Gasteiger partial charge in [-0.25, -0.2) is 0 Å². The van der Waals surface area contributed by atoms with Crippen molar-refractivity contribution in [2.75, 3.05) is 13.1 Å². The molecule has 19 heavy (non-hydrogen) atoms. The molecule has 3 N–H and O–H groups in total.